The molecule has 1 amide bonds. The lowest BCUT2D eigenvalue weighted by molar-refractivity contribution is 0.0948. The third-order valence-electron chi connectivity index (χ3n) is 3.64. The van der Waals surface area contributed by atoms with Gasteiger partial charge in [0.25, 0.3) is 5.91 Å². The summed E-state index contributed by atoms with van der Waals surface area (Å²) in [5, 5.41) is 12.2. The van der Waals surface area contributed by atoms with Gasteiger partial charge in [-0.25, -0.2) is 9.97 Å². The van der Waals surface area contributed by atoms with Crippen LogP contribution in [0.3, 0.4) is 0 Å². The van der Waals surface area contributed by atoms with Crippen molar-refractivity contribution in [1.82, 2.24) is 15.3 Å². The molecular weight excluding hydrogens is 314 g/mol. The summed E-state index contributed by atoms with van der Waals surface area (Å²) < 4.78 is 0. The minimum atomic E-state index is -0.185. The van der Waals surface area contributed by atoms with Gasteiger partial charge in [-0.15, -0.1) is 0 Å². The van der Waals surface area contributed by atoms with E-state index in [0.717, 1.165) is 37.1 Å². The van der Waals surface area contributed by atoms with E-state index < -0.39 is 0 Å². The molecule has 3 heterocycles. The number of nitrogens with one attached hydrogen (secondary N) is 1. The zero-order valence-electron chi connectivity index (χ0n) is 12.7. The van der Waals surface area contributed by atoms with Crippen LogP contribution in [0.4, 0.5) is 10.9 Å². The Morgan fingerprint density at radius 3 is 2.70 bits per heavy atom. The van der Waals surface area contributed by atoms with E-state index in [-0.39, 0.29) is 19.1 Å². The molecule has 0 atom stereocenters. The normalized spacial score (nSPS) is 14.8. The fraction of sp³-hybridized carbons (Fsp3) is 0.400. The first-order valence-electron chi connectivity index (χ1n) is 7.54. The van der Waals surface area contributed by atoms with Crippen LogP contribution in [0.5, 0.6) is 0 Å². The molecule has 0 bridgehead atoms. The second-order valence-corrected chi connectivity index (χ2v) is 6.16. The van der Waals surface area contributed by atoms with E-state index >= 15 is 0 Å². The molecule has 3 rings (SSSR count). The molecule has 0 spiro atoms. The number of thiazole rings is 1. The third kappa shape index (κ3) is 3.77. The van der Waals surface area contributed by atoms with Crippen LogP contribution in [0.1, 0.15) is 9.67 Å². The first-order valence-corrected chi connectivity index (χ1v) is 8.35. The van der Waals surface area contributed by atoms with Crippen LogP contribution in [0.25, 0.3) is 0 Å². The number of hydrogen-bond acceptors (Lipinski definition) is 7. The van der Waals surface area contributed by atoms with E-state index in [0.29, 0.717) is 4.88 Å². The van der Waals surface area contributed by atoms with Crippen molar-refractivity contribution in [2.24, 2.45) is 0 Å². The number of carbonyl (C=O) groups excluding carboxylic acids is 1. The molecule has 122 valence electrons. The standard InChI is InChI=1S/C15H19N5O2S/c21-10-5-17-14(22)12-11-18-15(23-12)20-8-6-19(7-9-20)13-3-1-2-4-16-13/h1-4,11,21H,5-10H2,(H,17,22). The molecule has 0 aliphatic carbocycles. The highest BCUT2D eigenvalue weighted by Crippen LogP contribution is 2.24. The number of piperazine rings is 1. The van der Waals surface area contributed by atoms with Gasteiger partial charge in [0.15, 0.2) is 5.13 Å². The molecule has 0 saturated carbocycles. The predicted molar refractivity (Wildman–Crippen MR) is 90.2 cm³/mol. The van der Waals surface area contributed by atoms with Crippen LogP contribution < -0.4 is 15.1 Å². The number of aliphatic hydroxyl groups is 1. The van der Waals surface area contributed by atoms with Crippen molar-refractivity contribution >= 4 is 28.2 Å². The first-order chi connectivity index (χ1) is 11.3. The number of aromatic nitrogens is 2. The average molecular weight is 333 g/mol. The lowest BCUT2D eigenvalue weighted by atomic mass is 10.3. The zero-order valence-corrected chi connectivity index (χ0v) is 13.5. The lowest BCUT2D eigenvalue weighted by Crippen LogP contribution is -2.46. The van der Waals surface area contributed by atoms with E-state index in [1.807, 2.05) is 18.2 Å². The van der Waals surface area contributed by atoms with E-state index in [2.05, 4.69) is 25.1 Å². The molecule has 0 radical (unpaired) electrons. The van der Waals surface area contributed by atoms with Crippen LogP contribution in [-0.2, 0) is 0 Å². The van der Waals surface area contributed by atoms with Crippen LogP contribution in [0.15, 0.2) is 30.6 Å². The van der Waals surface area contributed by atoms with Gasteiger partial charge in [-0.3, -0.25) is 4.79 Å². The molecule has 23 heavy (non-hydrogen) atoms. The van der Waals surface area contributed by atoms with Crippen molar-refractivity contribution in [1.29, 1.82) is 0 Å². The fourth-order valence-corrected chi connectivity index (χ4v) is 3.32. The Bertz CT molecular complexity index is 640. The Morgan fingerprint density at radius 2 is 2.00 bits per heavy atom. The summed E-state index contributed by atoms with van der Waals surface area (Å²) in [6.45, 7) is 3.65. The monoisotopic (exact) mass is 333 g/mol. The van der Waals surface area contributed by atoms with Gasteiger partial charge in [0.05, 0.1) is 12.8 Å². The maximum Gasteiger partial charge on any atom is 0.263 e. The Labute approximate surface area is 138 Å². The highest BCUT2D eigenvalue weighted by atomic mass is 32.1. The van der Waals surface area contributed by atoms with Crippen LogP contribution in [-0.4, -0.2) is 60.3 Å². The molecule has 2 aromatic rings. The first kappa shape index (κ1) is 15.7. The highest BCUT2D eigenvalue weighted by molar-refractivity contribution is 7.17. The second kappa shape index (κ2) is 7.38. The average Bonchev–Trinajstić information content (AvgIpc) is 3.11. The van der Waals surface area contributed by atoms with Gasteiger partial charge < -0.3 is 20.2 Å². The maximum absolute atomic E-state index is 11.8. The van der Waals surface area contributed by atoms with Crippen molar-refractivity contribution in [3.63, 3.8) is 0 Å². The summed E-state index contributed by atoms with van der Waals surface area (Å²) in [6, 6.07) is 5.92. The highest BCUT2D eigenvalue weighted by Gasteiger charge is 2.21. The third-order valence-corrected chi connectivity index (χ3v) is 4.70. The molecule has 0 aromatic carbocycles. The number of nitrogens with zero attached hydrogens (tertiary/aromatic N) is 4. The molecule has 1 aliphatic rings. The van der Waals surface area contributed by atoms with E-state index in [4.69, 9.17) is 5.11 Å². The lowest BCUT2D eigenvalue weighted by Gasteiger charge is -2.35. The Hall–Kier alpha value is -2.19. The fourth-order valence-electron chi connectivity index (χ4n) is 2.44. The minimum Gasteiger partial charge on any atom is -0.395 e. The summed E-state index contributed by atoms with van der Waals surface area (Å²) in [4.78, 5) is 25.6. The number of amides is 1. The SMILES string of the molecule is O=C(NCCO)c1cnc(N2CCN(c3ccccn3)CC2)s1. The Balaban J connectivity index is 1.58. The minimum absolute atomic E-state index is 0.0626. The van der Waals surface area contributed by atoms with Gasteiger partial charge in [0.1, 0.15) is 10.7 Å². The molecule has 1 aliphatic heterocycles. The van der Waals surface area contributed by atoms with E-state index in [1.54, 1.807) is 12.4 Å². The number of anilines is 2. The maximum atomic E-state index is 11.8. The quantitative estimate of drug-likeness (QED) is 0.833. The van der Waals surface area contributed by atoms with Crippen LogP contribution in [0.2, 0.25) is 0 Å². The van der Waals surface area contributed by atoms with Gasteiger partial charge in [-0.1, -0.05) is 17.4 Å². The molecule has 0 unspecified atom stereocenters. The molecule has 8 heteroatoms. The number of aliphatic hydroxyl groups excluding tert-OH is 1. The van der Waals surface area contributed by atoms with Crippen molar-refractivity contribution in [2.75, 3.05) is 49.1 Å². The second-order valence-electron chi connectivity index (χ2n) is 5.15. The topological polar surface area (TPSA) is 81.6 Å². The van der Waals surface area contributed by atoms with Crippen LogP contribution in [0, 0.1) is 0 Å². The summed E-state index contributed by atoms with van der Waals surface area (Å²) in [7, 11) is 0. The molecule has 2 N–H and O–H groups in total. The number of carbonyl (C=O) groups is 1. The molecule has 1 saturated heterocycles. The van der Waals surface area contributed by atoms with Crippen molar-refractivity contribution in [3.05, 3.63) is 35.5 Å². The largest absolute Gasteiger partial charge is 0.395 e. The number of pyridine rings is 1. The van der Waals surface area contributed by atoms with Gasteiger partial charge >= 0.3 is 0 Å². The van der Waals surface area contributed by atoms with Gasteiger partial charge in [-0.2, -0.15) is 0 Å². The Kier molecular flexibility index (Phi) is 5.04. The van der Waals surface area contributed by atoms with Crippen LogP contribution >= 0.6 is 11.3 Å². The number of hydrogen-bond donors (Lipinski definition) is 2. The summed E-state index contributed by atoms with van der Waals surface area (Å²) in [5.74, 6) is 0.810. The molecule has 7 nitrogen and oxygen atoms in total. The van der Waals surface area contributed by atoms with Gasteiger partial charge in [0, 0.05) is 38.9 Å². The molecular formula is C15H19N5O2S. The van der Waals surface area contributed by atoms with E-state index in [1.165, 1.54) is 11.3 Å². The molecule has 2 aromatic heterocycles. The van der Waals surface area contributed by atoms with E-state index in [9.17, 15) is 4.79 Å². The molecule has 1 fully saturated rings. The summed E-state index contributed by atoms with van der Waals surface area (Å²) in [6.07, 6.45) is 3.40. The van der Waals surface area contributed by atoms with Gasteiger partial charge in [-0.05, 0) is 12.1 Å². The van der Waals surface area contributed by atoms with Gasteiger partial charge in [0.2, 0.25) is 0 Å². The Morgan fingerprint density at radius 1 is 1.22 bits per heavy atom. The van der Waals surface area contributed by atoms with Crippen molar-refractivity contribution < 1.29 is 9.90 Å². The number of rotatable bonds is 5. The summed E-state index contributed by atoms with van der Waals surface area (Å²) in [5.41, 5.74) is 0. The predicted octanol–water partition coefficient (Wildman–Crippen LogP) is 0.587. The smallest absolute Gasteiger partial charge is 0.263 e. The summed E-state index contributed by atoms with van der Waals surface area (Å²) >= 11 is 1.38. The van der Waals surface area contributed by atoms with Crippen molar-refractivity contribution in [2.45, 2.75) is 0 Å². The van der Waals surface area contributed by atoms with Crippen molar-refractivity contribution in [3.8, 4) is 0 Å². The zero-order chi connectivity index (χ0) is 16.1.